The molecule has 0 atom stereocenters. The molecular weight excluding hydrogens is 238 g/mol. The van der Waals surface area contributed by atoms with Crippen LogP contribution in [-0.4, -0.2) is 29.0 Å². The number of nitrogens with zero attached hydrogens (tertiary/aromatic N) is 2. The Morgan fingerprint density at radius 1 is 1.56 bits per heavy atom. The molecule has 1 rings (SSSR count). The van der Waals surface area contributed by atoms with Crippen molar-refractivity contribution in [3.8, 4) is 0 Å². The maximum atomic E-state index is 11.0. The minimum atomic E-state index is -0.511. The standard InChI is InChI=1S/C11H15N3O4/c1-2-3-11(15)18-7-6-12-10-5-4-9(8-13-10)14(16)17/h4-5,8H,2-3,6-7H2,1H3,(H,12,13). The van der Waals surface area contributed by atoms with Crippen molar-refractivity contribution in [2.75, 3.05) is 18.5 Å². The largest absolute Gasteiger partial charge is 0.464 e. The first-order valence-corrected chi connectivity index (χ1v) is 5.63. The highest BCUT2D eigenvalue weighted by Gasteiger charge is 2.05. The van der Waals surface area contributed by atoms with Crippen molar-refractivity contribution < 1.29 is 14.5 Å². The molecule has 0 fully saturated rings. The molecule has 1 aromatic heterocycles. The molecule has 1 aromatic rings. The average molecular weight is 253 g/mol. The third kappa shape index (κ3) is 4.77. The van der Waals surface area contributed by atoms with Gasteiger partial charge in [0.1, 0.15) is 18.6 Å². The minimum absolute atomic E-state index is 0.0603. The van der Waals surface area contributed by atoms with Crippen LogP contribution in [0, 0.1) is 10.1 Å². The summed E-state index contributed by atoms with van der Waals surface area (Å²) in [5.41, 5.74) is -0.0603. The van der Waals surface area contributed by atoms with E-state index < -0.39 is 4.92 Å². The molecule has 1 heterocycles. The van der Waals surface area contributed by atoms with Crippen LogP contribution >= 0.6 is 0 Å². The molecule has 1 N–H and O–H groups in total. The molecule has 0 saturated heterocycles. The van der Waals surface area contributed by atoms with Gasteiger partial charge < -0.3 is 10.1 Å². The molecule has 0 spiro atoms. The quantitative estimate of drug-likeness (QED) is 0.344. The van der Waals surface area contributed by atoms with E-state index in [1.807, 2.05) is 6.92 Å². The molecule has 0 aliphatic carbocycles. The van der Waals surface area contributed by atoms with Crippen LogP contribution in [0.5, 0.6) is 0 Å². The Morgan fingerprint density at radius 2 is 2.33 bits per heavy atom. The summed E-state index contributed by atoms with van der Waals surface area (Å²) in [6, 6.07) is 2.87. The Bertz CT molecular complexity index is 405. The maximum Gasteiger partial charge on any atom is 0.305 e. The van der Waals surface area contributed by atoms with E-state index in [-0.39, 0.29) is 18.3 Å². The summed E-state index contributed by atoms with van der Waals surface area (Å²) in [4.78, 5) is 24.8. The maximum absolute atomic E-state index is 11.0. The van der Waals surface area contributed by atoms with E-state index >= 15 is 0 Å². The predicted molar refractivity (Wildman–Crippen MR) is 65.2 cm³/mol. The average Bonchev–Trinajstić information content (AvgIpc) is 2.35. The highest BCUT2D eigenvalue weighted by Crippen LogP contribution is 2.11. The number of esters is 1. The number of ether oxygens (including phenoxy) is 1. The van der Waals surface area contributed by atoms with Gasteiger partial charge in [-0.3, -0.25) is 14.9 Å². The molecule has 0 amide bonds. The van der Waals surface area contributed by atoms with Crippen molar-refractivity contribution in [3.05, 3.63) is 28.4 Å². The van der Waals surface area contributed by atoms with E-state index in [0.29, 0.717) is 18.8 Å². The van der Waals surface area contributed by atoms with E-state index in [2.05, 4.69) is 10.3 Å². The van der Waals surface area contributed by atoms with Gasteiger partial charge in [-0.05, 0) is 12.5 Å². The molecule has 0 unspecified atom stereocenters. The lowest BCUT2D eigenvalue weighted by molar-refractivity contribution is -0.385. The van der Waals surface area contributed by atoms with Crippen molar-refractivity contribution in [1.29, 1.82) is 0 Å². The summed E-state index contributed by atoms with van der Waals surface area (Å²) in [7, 11) is 0. The molecule has 98 valence electrons. The lowest BCUT2D eigenvalue weighted by Gasteiger charge is -2.06. The van der Waals surface area contributed by atoms with Crippen LogP contribution in [0.1, 0.15) is 19.8 Å². The van der Waals surface area contributed by atoms with E-state index in [1.54, 1.807) is 0 Å². The fourth-order valence-corrected chi connectivity index (χ4v) is 1.22. The van der Waals surface area contributed by atoms with Gasteiger partial charge in [-0.2, -0.15) is 0 Å². The van der Waals surface area contributed by atoms with Gasteiger partial charge in [-0.1, -0.05) is 6.92 Å². The summed E-state index contributed by atoms with van der Waals surface area (Å²) in [6.45, 7) is 2.57. The first-order chi connectivity index (χ1) is 8.63. The van der Waals surface area contributed by atoms with Crippen molar-refractivity contribution in [3.63, 3.8) is 0 Å². The number of carbonyl (C=O) groups excluding carboxylic acids is 1. The summed E-state index contributed by atoms with van der Waals surface area (Å²) in [5, 5.41) is 13.3. The predicted octanol–water partition coefficient (Wildman–Crippen LogP) is 1.74. The second kappa shape index (κ2) is 7.21. The van der Waals surface area contributed by atoms with Gasteiger partial charge in [0.25, 0.3) is 5.69 Å². The third-order valence-corrected chi connectivity index (χ3v) is 2.08. The van der Waals surface area contributed by atoms with Crippen molar-refractivity contribution >= 4 is 17.5 Å². The third-order valence-electron chi connectivity index (χ3n) is 2.08. The molecule has 0 aliphatic heterocycles. The fraction of sp³-hybridized carbons (Fsp3) is 0.455. The van der Waals surface area contributed by atoms with Crippen LogP contribution in [0.25, 0.3) is 0 Å². The lowest BCUT2D eigenvalue weighted by Crippen LogP contribution is -2.14. The monoisotopic (exact) mass is 253 g/mol. The molecular formula is C11H15N3O4. The molecule has 0 bridgehead atoms. The van der Waals surface area contributed by atoms with Crippen LogP contribution in [0.15, 0.2) is 18.3 Å². The van der Waals surface area contributed by atoms with Crippen LogP contribution in [0.3, 0.4) is 0 Å². The zero-order chi connectivity index (χ0) is 13.4. The number of anilines is 1. The molecule has 7 nitrogen and oxygen atoms in total. The minimum Gasteiger partial charge on any atom is -0.464 e. The Labute approximate surface area is 104 Å². The van der Waals surface area contributed by atoms with Gasteiger partial charge in [0, 0.05) is 12.5 Å². The Kier molecular flexibility index (Phi) is 5.56. The van der Waals surface area contributed by atoms with Gasteiger partial charge in [-0.15, -0.1) is 0 Å². The molecule has 7 heteroatoms. The number of aromatic nitrogens is 1. The van der Waals surface area contributed by atoms with Crippen LogP contribution < -0.4 is 5.32 Å². The van der Waals surface area contributed by atoms with E-state index in [9.17, 15) is 14.9 Å². The summed E-state index contributed by atoms with van der Waals surface area (Å²) >= 11 is 0. The Morgan fingerprint density at radius 3 is 2.89 bits per heavy atom. The molecule has 0 aliphatic rings. The van der Waals surface area contributed by atoms with E-state index in [0.717, 1.165) is 6.42 Å². The highest BCUT2D eigenvalue weighted by atomic mass is 16.6. The number of rotatable bonds is 7. The van der Waals surface area contributed by atoms with Gasteiger partial charge in [0.2, 0.25) is 0 Å². The summed E-state index contributed by atoms with van der Waals surface area (Å²) in [6.07, 6.45) is 2.34. The van der Waals surface area contributed by atoms with Gasteiger partial charge >= 0.3 is 5.97 Å². The normalized spacial score (nSPS) is 9.83. The van der Waals surface area contributed by atoms with Crippen LogP contribution in [-0.2, 0) is 9.53 Å². The Balaban J connectivity index is 2.27. The first kappa shape index (κ1) is 13.9. The second-order valence-corrected chi connectivity index (χ2v) is 3.56. The molecule has 18 heavy (non-hydrogen) atoms. The number of nitro groups is 1. The summed E-state index contributed by atoms with van der Waals surface area (Å²) < 4.78 is 4.93. The van der Waals surface area contributed by atoms with Crippen LogP contribution in [0.4, 0.5) is 11.5 Å². The Hall–Kier alpha value is -2.18. The topological polar surface area (TPSA) is 94.4 Å². The van der Waals surface area contributed by atoms with Gasteiger partial charge in [-0.25, -0.2) is 4.98 Å². The number of carbonyl (C=O) groups is 1. The van der Waals surface area contributed by atoms with E-state index in [1.165, 1.54) is 18.3 Å². The fourth-order valence-electron chi connectivity index (χ4n) is 1.22. The van der Waals surface area contributed by atoms with Gasteiger partial charge in [0.05, 0.1) is 11.5 Å². The van der Waals surface area contributed by atoms with Crippen molar-refractivity contribution in [1.82, 2.24) is 4.98 Å². The highest BCUT2D eigenvalue weighted by molar-refractivity contribution is 5.69. The van der Waals surface area contributed by atoms with Crippen LogP contribution in [0.2, 0.25) is 0 Å². The number of hydrogen-bond acceptors (Lipinski definition) is 6. The second-order valence-electron chi connectivity index (χ2n) is 3.56. The SMILES string of the molecule is CCCC(=O)OCCNc1ccc([N+](=O)[O-])cn1. The number of hydrogen-bond donors (Lipinski definition) is 1. The lowest BCUT2D eigenvalue weighted by atomic mass is 10.3. The molecule has 0 saturated carbocycles. The van der Waals surface area contributed by atoms with Gasteiger partial charge in [0.15, 0.2) is 0 Å². The number of nitrogens with one attached hydrogen (secondary N) is 1. The van der Waals surface area contributed by atoms with Crippen molar-refractivity contribution in [2.24, 2.45) is 0 Å². The molecule has 0 aromatic carbocycles. The smallest absolute Gasteiger partial charge is 0.305 e. The number of pyridine rings is 1. The first-order valence-electron chi connectivity index (χ1n) is 5.63. The summed E-state index contributed by atoms with van der Waals surface area (Å²) in [5.74, 6) is 0.281. The van der Waals surface area contributed by atoms with E-state index in [4.69, 9.17) is 4.74 Å². The zero-order valence-corrected chi connectivity index (χ0v) is 10.1. The zero-order valence-electron chi connectivity index (χ0n) is 10.1. The van der Waals surface area contributed by atoms with Crippen molar-refractivity contribution in [2.45, 2.75) is 19.8 Å². The molecule has 0 radical (unpaired) electrons.